The Morgan fingerprint density at radius 1 is 0.971 bits per heavy atom. The van der Waals surface area contributed by atoms with Gasteiger partial charge in [0.05, 0.1) is 5.41 Å². The molecule has 4 aromatic rings. The highest BCUT2D eigenvalue weighted by atomic mass is 35.5. The molecular weight excluding hydrogens is 497 g/mol. The highest BCUT2D eigenvalue weighted by Gasteiger charge is 2.32. The van der Waals surface area contributed by atoms with Gasteiger partial charge in [-0.3, -0.25) is 4.79 Å². The Kier molecular flexibility index (Phi) is 7.56. The minimum absolute atomic E-state index is 0.381. The third-order valence-electron chi connectivity index (χ3n) is 6.29. The molecule has 4 rings (SSSR count). The average Bonchev–Trinajstić information content (AvgIpc) is 3.08. The zero-order chi connectivity index (χ0) is 25.3. The summed E-state index contributed by atoms with van der Waals surface area (Å²) in [4.78, 5) is 14.3. The van der Waals surface area contributed by atoms with E-state index in [2.05, 4.69) is 36.6 Å². The molecule has 0 saturated carbocycles. The standard InChI is InChI=1S/C29H29Cl2NO2S/c1-18(2)20-7-14-25-24(15-20)27(35-23-12-10-22(31)11-13-23)26(16-29(3,4)28(33)34)32(25)17-19-5-8-21(30)9-6-19/h5-15,18H,16-17H2,1-4H3,(H,33,34). The maximum absolute atomic E-state index is 12.2. The molecule has 182 valence electrons. The van der Waals surface area contributed by atoms with E-state index in [9.17, 15) is 9.90 Å². The van der Waals surface area contributed by atoms with E-state index in [0.29, 0.717) is 28.9 Å². The molecule has 1 aromatic heterocycles. The molecule has 0 bridgehead atoms. The van der Waals surface area contributed by atoms with E-state index in [0.717, 1.165) is 32.0 Å². The van der Waals surface area contributed by atoms with Crippen LogP contribution < -0.4 is 0 Å². The van der Waals surface area contributed by atoms with Crippen LogP contribution in [-0.4, -0.2) is 15.6 Å². The van der Waals surface area contributed by atoms with Crippen LogP contribution in [0.4, 0.5) is 0 Å². The first kappa shape index (κ1) is 25.7. The summed E-state index contributed by atoms with van der Waals surface area (Å²) in [5.41, 5.74) is 3.54. The fourth-order valence-corrected chi connectivity index (χ4v) is 5.44. The zero-order valence-corrected chi connectivity index (χ0v) is 22.6. The Bertz CT molecular complexity index is 1360. The predicted molar refractivity (Wildman–Crippen MR) is 147 cm³/mol. The second-order valence-electron chi connectivity index (χ2n) is 9.84. The van der Waals surface area contributed by atoms with Gasteiger partial charge < -0.3 is 9.67 Å². The molecule has 1 N–H and O–H groups in total. The van der Waals surface area contributed by atoms with Gasteiger partial charge in [-0.15, -0.1) is 0 Å². The number of hydrogen-bond donors (Lipinski definition) is 1. The van der Waals surface area contributed by atoms with E-state index in [-0.39, 0.29) is 0 Å². The molecule has 0 radical (unpaired) electrons. The minimum atomic E-state index is -0.928. The van der Waals surface area contributed by atoms with Crippen LogP contribution in [0.25, 0.3) is 10.9 Å². The fourth-order valence-electron chi connectivity index (χ4n) is 4.11. The second-order valence-corrected chi connectivity index (χ2v) is 11.8. The van der Waals surface area contributed by atoms with Gasteiger partial charge in [0, 0.05) is 49.4 Å². The van der Waals surface area contributed by atoms with E-state index in [1.165, 1.54) is 5.56 Å². The first-order chi connectivity index (χ1) is 16.5. The van der Waals surface area contributed by atoms with Gasteiger partial charge in [0.25, 0.3) is 0 Å². The lowest BCUT2D eigenvalue weighted by atomic mass is 9.88. The number of rotatable bonds is 8. The minimum Gasteiger partial charge on any atom is -0.481 e. The van der Waals surface area contributed by atoms with Gasteiger partial charge in [0.1, 0.15) is 0 Å². The SMILES string of the molecule is CC(C)c1ccc2c(c1)c(Sc1ccc(Cl)cc1)c(CC(C)(C)C(=O)O)n2Cc1ccc(Cl)cc1. The quantitative estimate of drug-likeness (QED) is 0.249. The number of benzene rings is 3. The maximum atomic E-state index is 12.2. The highest BCUT2D eigenvalue weighted by molar-refractivity contribution is 7.99. The summed E-state index contributed by atoms with van der Waals surface area (Å²) in [5.74, 6) is -0.433. The number of aromatic nitrogens is 1. The lowest BCUT2D eigenvalue weighted by molar-refractivity contribution is -0.146. The van der Waals surface area contributed by atoms with Crippen LogP contribution in [0.1, 0.15) is 50.4 Å². The number of hydrogen-bond acceptors (Lipinski definition) is 2. The Labute approximate surface area is 221 Å². The number of halogens is 2. The summed E-state index contributed by atoms with van der Waals surface area (Å²) in [7, 11) is 0. The van der Waals surface area contributed by atoms with Crippen LogP contribution in [0.3, 0.4) is 0 Å². The molecule has 0 unspecified atom stereocenters. The summed E-state index contributed by atoms with van der Waals surface area (Å²) >= 11 is 13.9. The Morgan fingerprint density at radius 3 is 2.14 bits per heavy atom. The molecule has 3 nitrogen and oxygen atoms in total. The topological polar surface area (TPSA) is 42.2 Å². The molecule has 0 amide bonds. The van der Waals surface area contributed by atoms with Gasteiger partial charge in [-0.1, -0.05) is 67.0 Å². The average molecular weight is 527 g/mol. The summed E-state index contributed by atoms with van der Waals surface area (Å²) in [6, 6.07) is 22.2. The molecule has 0 saturated heterocycles. The van der Waals surface area contributed by atoms with Crippen LogP contribution in [0, 0.1) is 5.41 Å². The zero-order valence-electron chi connectivity index (χ0n) is 20.3. The van der Waals surface area contributed by atoms with Crippen molar-refractivity contribution in [2.24, 2.45) is 5.41 Å². The van der Waals surface area contributed by atoms with E-state index >= 15 is 0 Å². The smallest absolute Gasteiger partial charge is 0.309 e. The molecule has 3 aromatic carbocycles. The molecule has 0 aliphatic carbocycles. The Morgan fingerprint density at radius 2 is 1.57 bits per heavy atom. The van der Waals surface area contributed by atoms with Crippen LogP contribution in [0.2, 0.25) is 10.0 Å². The summed E-state index contributed by atoms with van der Waals surface area (Å²) in [5, 5.41) is 12.5. The van der Waals surface area contributed by atoms with Crippen molar-refractivity contribution in [3.8, 4) is 0 Å². The van der Waals surface area contributed by atoms with Crippen molar-refractivity contribution in [1.82, 2.24) is 4.57 Å². The predicted octanol–water partition coefficient (Wildman–Crippen LogP) is 8.92. The van der Waals surface area contributed by atoms with Crippen LogP contribution >= 0.6 is 35.0 Å². The normalized spacial score (nSPS) is 12.0. The third-order valence-corrected chi connectivity index (χ3v) is 7.96. The van der Waals surface area contributed by atoms with Gasteiger partial charge >= 0.3 is 5.97 Å². The molecular formula is C29H29Cl2NO2S. The van der Waals surface area contributed by atoms with Crippen molar-refractivity contribution in [2.75, 3.05) is 0 Å². The summed E-state index contributed by atoms with van der Waals surface area (Å²) < 4.78 is 2.27. The van der Waals surface area contributed by atoms with Crippen molar-refractivity contribution in [1.29, 1.82) is 0 Å². The van der Waals surface area contributed by atoms with Crippen LogP contribution in [0.5, 0.6) is 0 Å². The first-order valence-corrected chi connectivity index (χ1v) is 13.2. The van der Waals surface area contributed by atoms with E-state index in [1.54, 1.807) is 25.6 Å². The van der Waals surface area contributed by atoms with E-state index in [4.69, 9.17) is 23.2 Å². The van der Waals surface area contributed by atoms with Crippen molar-refractivity contribution in [3.63, 3.8) is 0 Å². The monoisotopic (exact) mass is 525 g/mol. The van der Waals surface area contributed by atoms with E-state index < -0.39 is 11.4 Å². The number of carboxylic acid groups (broad SMARTS) is 1. The molecule has 0 aliphatic rings. The first-order valence-electron chi connectivity index (χ1n) is 11.6. The fraction of sp³-hybridized carbons (Fsp3) is 0.276. The number of carboxylic acids is 1. The van der Waals surface area contributed by atoms with Crippen LogP contribution in [0.15, 0.2) is 76.5 Å². The number of nitrogens with zero attached hydrogens (tertiary/aromatic N) is 1. The second kappa shape index (κ2) is 10.3. The van der Waals surface area contributed by atoms with Gasteiger partial charge in [-0.2, -0.15) is 0 Å². The number of aliphatic carboxylic acids is 1. The third kappa shape index (κ3) is 5.72. The van der Waals surface area contributed by atoms with Crippen molar-refractivity contribution in [3.05, 3.63) is 93.6 Å². The molecule has 1 heterocycles. The molecule has 0 aliphatic heterocycles. The van der Waals surface area contributed by atoms with Crippen molar-refractivity contribution >= 4 is 51.8 Å². The van der Waals surface area contributed by atoms with Crippen molar-refractivity contribution < 1.29 is 9.90 Å². The van der Waals surface area contributed by atoms with E-state index in [1.807, 2.05) is 48.5 Å². The van der Waals surface area contributed by atoms with Gasteiger partial charge in [-0.25, -0.2) is 0 Å². The lowest BCUT2D eigenvalue weighted by Gasteiger charge is -2.22. The maximum Gasteiger partial charge on any atom is 0.309 e. The van der Waals surface area contributed by atoms with Gasteiger partial charge in [-0.05, 0) is 79.4 Å². The largest absolute Gasteiger partial charge is 0.481 e. The molecule has 0 spiro atoms. The Hall–Kier alpha value is -2.40. The number of carbonyl (C=O) groups is 1. The molecule has 6 heteroatoms. The lowest BCUT2D eigenvalue weighted by Crippen LogP contribution is -2.27. The Balaban J connectivity index is 1.96. The van der Waals surface area contributed by atoms with Crippen LogP contribution in [-0.2, 0) is 17.8 Å². The van der Waals surface area contributed by atoms with Gasteiger partial charge in [0.15, 0.2) is 0 Å². The summed E-state index contributed by atoms with van der Waals surface area (Å²) in [6.07, 6.45) is 0.400. The molecule has 35 heavy (non-hydrogen) atoms. The van der Waals surface area contributed by atoms with Crippen molar-refractivity contribution in [2.45, 2.75) is 56.4 Å². The summed E-state index contributed by atoms with van der Waals surface area (Å²) in [6.45, 7) is 8.57. The van der Waals surface area contributed by atoms with Gasteiger partial charge in [0.2, 0.25) is 0 Å². The molecule has 0 atom stereocenters. The highest BCUT2D eigenvalue weighted by Crippen LogP contribution is 2.42. The molecule has 0 fully saturated rings. The number of fused-ring (bicyclic) bond motifs is 1.